The van der Waals surface area contributed by atoms with Crippen LogP contribution in [-0.4, -0.2) is 28.1 Å². The molecule has 0 bridgehead atoms. The number of amides is 1. The molecule has 108 valence electrons. The number of hydrogen-bond donors (Lipinski definition) is 2. The van der Waals surface area contributed by atoms with Crippen LogP contribution in [0.3, 0.4) is 0 Å². The molecule has 0 heterocycles. The quantitative estimate of drug-likeness (QED) is 0.393. The third kappa shape index (κ3) is 3.30. The van der Waals surface area contributed by atoms with Gasteiger partial charge in [-0.15, -0.1) is 0 Å². The van der Waals surface area contributed by atoms with Gasteiger partial charge in [0.25, 0.3) is 0 Å². The van der Waals surface area contributed by atoms with E-state index in [1.165, 1.54) is 6.92 Å². The first kappa shape index (κ1) is 18.2. The van der Waals surface area contributed by atoms with E-state index in [1.807, 2.05) is 0 Å². The molecule has 1 aromatic rings. The maximum Gasteiger partial charge on any atom is 0.337 e. The number of rotatable bonds is 3. The fourth-order valence-electron chi connectivity index (χ4n) is 1.36. The van der Waals surface area contributed by atoms with E-state index in [9.17, 15) is 24.6 Å². The molecule has 0 spiro atoms. The van der Waals surface area contributed by atoms with Crippen LogP contribution < -0.4 is 4.42 Å². The summed E-state index contributed by atoms with van der Waals surface area (Å²) in [5.41, 5.74) is -0.313. The fourth-order valence-corrected chi connectivity index (χ4v) is 6.38. The minimum absolute atomic E-state index is 0.0654. The monoisotopic (exact) mass is 635 g/mol. The Hall–Kier alpha value is 0.110. The van der Waals surface area contributed by atoms with E-state index in [0.29, 0.717) is 0 Å². The van der Waals surface area contributed by atoms with Gasteiger partial charge in [-0.25, -0.2) is 14.0 Å². The van der Waals surface area contributed by atoms with E-state index in [4.69, 9.17) is 11.8 Å². The van der Waals surface area contributed by atoms with E-state index in [-0.39, 0.29) is 27.5 Å². The maximum absolute atomic E-state index is 11.4. The smallest absolute Gasteiger partial charge is 0.337 e. The number of carboxylic acid groups (broad SMARTS) is 2. The van der Waals surface area contributed by atoms with Crippen molar-refractivity contribution in [3.8, 4) is 0 Å². The Morgan fingerprint density at radius 2 is 1.30 bits per heavy atom. The molecule has 0 aliphatic heterocycles. The average molecular weight is 635 g/mol. The lowest BCUT2D eigenvalue weighted by molar-refractivity contribution is -0.115. The summed E-state index contributed by atoms with van der Waals surface area (Å²) in [5.74, 6) is -3.11. The Bertz CT molecular complexity index is 593. The highest BCUT2D eigenvalue weighted by Gasteiger charge is 2.30. The highest BCUT2D eigenvalue weighted by atomic mass is 127. The molecule has 0 aliphatic carbocycles. The second-order valence-electron chi connectivity index (χ2n) is 3.45. The lowest BCUT2D eigenvalue weighted by Crippen LogP contribution is -2.23. The largest absolute Gasteiger partial charge is 0.478 e. The van der Waals surface area contributed by atoms with Gasteiger partial charge >= 0.3 is 11.9 Å². The first-order valence-electron chi connectivity index (χ1n) is 4.74. The highest BCUT2D eigenvalue weighted by Crippen LogP contribution is 2.38. The molecule has 0 saturated carbocycles. The van der Waals surface area contributed by atoms with Gasteiger partial charge in [0.1, 0.15) is 0 Å². The van der Waals surface area contributed by atoms with Crippen LogP contribution in [0.5, 0.6) is 0 Å². The SMILES string of the molecule is CC(=O)N(Cl)c1c(I)c(C(=O)O)c(I)c(C(=O)O)c1I. The first-order chi connectivity index (χ1) is 9.11. The molecule has 1 rings (SSSR count). The number of halogens is 4. The molecule has 0 atom stereocenters. The molecule has 1 aromatic carbocycles. The van der Waals surface area contributed by atoms with Crippen molar-refractivity contribution in [1.29, 1.82) is 0 Å². The molecule has 6 nitrogen and oxygen atoms in total. The number of carbonyl (C=O) groups is 3. The summed E-state index contributed by atoms with van der Waals surface area (Å²) in [6.45, 7) is 1.19. The number of nitrogens with zero attached hydrogens (tertiary/aromatic N) is 1. The minimum Gasteiger partial charge on any atom is -0.478 e. The molecule has 0 radical (unpaired) electrons. The third-order valence-corrected chi connectivity index (χ3v) is 5.78. The van der Waals surface area contributed by atoms with E-state index in [2.05, 4.69) is 0 Å². The van der Waals surface area contributed by atoms with Crippen LogP contribution in [0.25, 0.3) is 0 Å². The van der Waals surface area contributed by atoms with Crippen molar-refractivity contribution in [2.45, 2.75) is 6.92 Å². The van der Waals surface area contributed by atoms with Gasteiger partial charge in [-0.1, -0.05) is 0 Å². The average Bonchev–Trinajstić information content (AvgIpc) is 2.26. The van der Waals surface area contributed by atoms with Crippen molar-refractivity contribution in [2.75, 3.05) is 4.42 Å². The number of carbonyl (C=O) groups excluding carboxylic acids is 1. The maximum atomic E-state index is 11.4. The van der Waals surface area contributed by atoms with Gasteiger partial charge in [0.15, 0.2) is 0 Å². The zero-order valence-electron chi connectivity index (χ0n) is 9.58. The fraction of sp³-hybridized carbons (Fsp3) is 0.100. The van der Waals surface area contributed by atoms with E-state index in [1.54, 1.807) is 67.8 Å². The standard InChI is InChI=1S/C10H5ClI3NO5/c1-2(16)15(11)8-6(13)3(9(17)18)5(12)4(7(8)14)10(19)20/h1H3,(H,17,18)(H,19,20). The van der Waals surface area contributed by atoms with Gasteiger partial charge in [0.05, 0.1) is 24.0 Å². The molecule has 0 fully saturated rings. The summed E-state index contributed by atoms with van der Waals surface area (Å²) < 4.78 is 1.23. The summed E-state index contributed by atoms with van der Waals surface area (Å²) >= 11 is 11.0. The van der Waals surface area contributed by atoms with Crippen molar-refractivity contribution in [2.24, 2.45) is 0 Å². The number of carboxylic acids is 2. The Morgan fingerprint density at radius 1 is 0.950 bits per heavy atom. The zero-order chi connectivity index (χ0) is 15.8. The van der Waals surface area contributed by atoms with Gasteiger partial charge in [-0.3, -0.25) is 4.79 Å². The van der Waals surface area contributed by atoms with E-state index < -0.39 is 17.8 Å². The molecule has 10 heteroatoms. The van der Waals surface area contributed by atoms with Crippen LogP contribution in [0.4, 0.5) is 5.69 Å². The van der Waals surface area contributed by atoms with Crippen molar-refractivity contribution < 1.29 is 24.6 Å². The van der Waals surface area contributed by atoms with Crippen LogP contribution in [0.1, 0.15) is 27.6 Å². The molecular weight excluding hydrogens is 630 g/mol. The Labute approximate surface area is 159 Å². The third-order valence-electron chi connectivity index (χ3n) is 2.19. The van der Waals surface area contributed by atoms with Gasteiger partial charge in [0, 0.05) is 22.3 Å². The summed E-state index contributed by atoms with van der Waals surface area (Å²) in [7, 11) is 0. The minimum atomic E-state index is -1.28. The lowest BCUT2D eigenvalue weighted by Gasteiger charge is -2.20. The number of benzene rings is 1. The normalized spacial score (nSPS) is 10.2. The topological polar surface area (TPSA) is 94.9 Å². The van der Waals surface area contributed by atoms with Crippen molar-refractivity contribution in [3.05, 3.63) is 21.8 Å². The number of hydrogen-bond acceptors (Lipinski definition) is 3. The van der Waals surface area contributed by atoms with Gasteiger partial charge in [-0.05, 0) is 67.8 Å². The molecule has 0 aliphatic rings. The molecule has 20 heavy (non-hydrogen) atoms. The molecule has 0 unspecified atom stereocenters. The zero-order valence-corrected chi connectivity index (χ0v) is 16.8. The van der Waals surface area contributed by atoms with Gasteiger partial charge < -0.3 is 10.2 Å². The van der Waals surface area contributed by atoms with Crippen LogP contribution in [0, 0.1) is 10.7 Å². The Morgan fingerprint density at radius 3 is 1.55 bits per heavy atom. The number of anilines is 1. The predicted octanol–water partition coefficient (Wildman–Crippen LogP) is 3.40. The highest BCUT2D eigenvalue weighted by molar-refractivity contribution is 14.1. The van der Waals surface area contributed by atoms with Crippen LogP contribution in [0.2, 0.25) is 0 Å². The predicted molar refractivity (Wildman–Crippen MR) is 97.5 cm³/mol. The van der Waals surface area contributed by atoms with Gasteiger partial charge in [-0.2, -0.15) is 0 Å². The van der Waals surface area contributed by atoms with Crippen LogP contribution in [0.15, 0.2) is 0 Å². The molecule has 0 saturated heterocycles. The summed E-state index contributed by atoms with van der Waals surface area (Å²) in [6, 6.07) is 0. The lowest BCUT2D eigenvalue weighted by atomic mass is 10.1. The second-order valence-corrected chi connectivity index (χ2v) is 7.03. The summed E-state index contributed by atoms with van der Waals surface area (Å²) in [4.78, 5) is 34.0. The number of aromatic carboxylic acids is 2. The molecular formula is C10H5ClI3NO5. The van der Waals surface area contributed by atoms with Crippen molar-refractivity contribution in [1.82, 2.24) is 0 Å². The first-order valence-corrected chi connectivity index (χ1v) is 8.32. The van der Waals surface area contributed by atoms with E-state index in [0.717, 1.165) is 4.42 Å². The Kier molecular flexibility index (Phi) is 6.28. The van der Waals surface area contributed by atoms with Crippen molar-refractivity contribution in [3.63, 3.8) is 0 Å². The van der Waals surface area contributed by atoms with Crippen LogP contribution in [-0.2, 0) is 4.79 Å². The van der Waals surface area contributed by atoms with Gasteiger partial charge in [0.2, 0.25) is 5.91 Å². The molecule has 2 N–H and O–H groups in total. The van der Waals surface area contributed by atoms with Crippen molar-refractivity contribution >= 4 is 103 Å². The van der Waals surface area contributed by atoms with E-state index >= 15 is 0 Å². The Balaban J connectivity index is 3.90. The second kappa shape index (κ2) is 6.91. The summed E-state index contributed by atoms with van der Waals surface area (Å²) in [6.07, 6.45) is 0. The van der Waals surface area contributed by atoms with Crippen LogP contribution >= 0.6 is 79.5 Å². The molecule has 1 amide bonds. The summed E-state index contributed by atoms with van der Waals surface area (Å²) in [5, 5.41) is 18.5. The molecule has 0 aromatic heterocycles.